The lowest BCUT2D eigenvalue weighted by atomic mass is 10.1. The summed E-state index contributed by atoms with van der Waals surface area (Å²) in [5.41, 5.74) is 0.592. The van der Waals surface area contributed by atoms with E-state index in [1.54, 1.807) is 18.2 Å². The predicted octanol–water partition coefficient (Wildman–Crippen LogP) is 2.90. The summed E-state index contributed by atoms with van der Waals surface area (Å²) in [7, 11) is 0. The molecule has 0 fully saturated rings. The van der Waals surface area contributed by atoms with Gasteiger partial charge in [-0.25, -0.2) is 4.79 Å². The molecule has 1 N–H and O–H groups in total. The van der Waals surface area contributed by atoms with Crippen molar-refractivity contribution < 1.29 is 19.4 Å². The lowest BCUT2D eigenvalue weighted by molar-refractivity contribution is -0.139. The lowest BCUT2D eigenvalue weighted by Crippen LogP contribution is -2.09. The SMILES string of the molecule is CCCC(=O)c1ccc(OCC(=O)O)cc1Br. The Morgan fingerprint density at radius 1 is 1.41 bits per heavy atom. The minimum Gasteiger partial charge on any atom is -0.482 e. The van der Waals surface area contributed by atoms with E-state index in [0.29, 0.717) is 22.2 Å². The summed E-state index contributed by atoms with van der Waals surface area (Å²) in [5.74, 6) is -0.552. The summed E-state index contributed by atoms with van der Waals surface area (Å²) in [6, 6.07) is 4.84. The van der Waals surface area contributed by atoms with Gasteiger partial charge in [-0.3, -0.25) is 4.79 Å². The molecule has 92 valence electrons. The van der Waals surface area contributed by atoms with Gasteiger partial charge in [-0.15, -0.1) is 0 Å². The van der Waals surface area contributed by atoms with Gasteiger partial charge < -0.3 is 9.84 Å². The molecule has 0 bridgehead atoms. The summed E-state index contributed by atoms with van der Waals surface area (Å²) in [6.45, 7) is 1.55. The normalized spacial score (nSPS) is 10.0. The number of carboxylic acid groups (broad SMARTS) is 1. The Labute approximate surface area is 108 Å². The first kappa shape index (κ1) is 13.7. The van der Waals surface area contributed by atoms with Crippen molar-refractivity contribution in [2.45, 2.75) is 19.8 Å². The third-order valence-corrected chi connectivity index (χ3v) is 2.74. The van der Waals surface area contributed by atoms with Gasteiger partial charge in [0.25, 0.3) is 0 Å². The maximum absolute atomic E-state index is 11.7. The molecule has 5 heteroatoms. The van der Waals surface area contributed by atoms with Crippen LogP contribution in [0.4, 0.5) is 0 Å². The molecule has 0 aromatic heterocycles. The van der Waals surface area contributed by atoms with Crippen molar-refractivity contribution in [3.63, 3.8) is 0 Å². The third kappa shape index (κ3) is 4.19. The summed E-state index contributed by atoms with van der Waals surface area (Å²) in [4.78, 5) is 22.0. The van der Waals surface area contributed by atoms with E-state index in [4.69, 9.17) is 9.84 Å². The molecule has 0 unspecified atom stereocenters. The zero-order valence-electron chi connectivity index (χ0n) is 9.40. The number of rotatable bonds is 6. The van der Waals surface area contributed by atoms with Crippen LogP contribution in [0.15, 0.2) is 22.7 Å². The van der Waals surface area contributed by atoms with Crippen LogP contribution in [0.3, 0.4) is 0 Å². The molecule has 4 nitrogen and oxygen atoms in total. The van der Waals surface area contributed by atoms with Crippen LogP contribution in [0.5, 0.6) is 5.75 Å². The van der Waals surface area contributed by atoms with E-state index < -0.39 is 12.6 Å². The molecule has 0 aliphatic carbocycles. The molecule has 0 saturated heterocycles. The average molecular weight is 301 g/mol. The Morgan fingerprint density at radius 3 is 2.65 bits per heavy atom. The second-order valence-electron chi connectivity index (χ2n) is 3.50. The topological polar surface area (TPSA) is 63.6 Å². The molecule has 0 spiro atoms. The highest BCUT2D eigenvalue weighted by Crippen LogP contribution is 2.24. The van der Waals surface area contributed by atoms with Crippen LogP contribution in [0, 0.1) is 0 Å². The van der Waals surface area contributed by atoms with E-state index >= 15 is 0 Å². The first-order valence-electron chi connectivity index (χ1n) is 5.22. The molecule has 1 aromatic rings. The van der Waals surface area contributed by atoms with Gasteiger partial charge in [0, 0.05) is 16.5 Å². The van der Waals surface area contributed by atoms with E-state index in [1.165, 1.54) is 0 Å². The number of benzene rings is 1. The maximum atomic E-state index is 11.7. The van der Waals surface area contributed by atoms with E-state index in [2.05, 4.69) is 15.9 Å². The molecule has 0 aliphatic rings. The fourth-order valence-corrected chi connectivity index (χ4v) is 1.90. The van der Waals surface area contributed by atoms with Crippen molar-refractivity contribution in [3.8, 4) is 5.75 Å². The van der Waals surface area contributed by atoms with Gasteiger partial charge in [0.05, 0.1) is 0 Å². The zero-order chi connectivity index (χ0) is 12.8. The largest absolute Gasteiger partial charge is 0.482 e. The predicted molar refractivity (Wildman–Crippen MR) is 66.5 cm³/mol. The Morgan fingerprint density at radius 2 is 2.12 bits per heavy atom. The molecule has 0 atom stereocenters. The van der Waals surface area contributed by atoms with Crippen molar-refractivity contribution in [3.05, 3.63) is 28.2 Å². The van der Waals surface area contributed by atoms with Crippen LogP contribution in [-0.2, 0) is 4.79 Å². The first-order chi connectivity index (χ1) is 8.04. The van der Waals surface area contributed by atoms with Gasteiger partial charge >= 0.3 is 5.97 Å². The Balaban J connectivity index is 2.79. The van der Waals surface area contributed by atoms with Crippen LogP contribution in [0.2, 0.25) is 0 Å². The molecule has 0 amide bonds. The van der Waals surface area contributed by atoms with Crippen LogP contribution in [0.1, 0.15) is 30.1 Å². The van der Waals surface area contributed by atoms with Crippen molar-refractivity contribution in [2.75, 3.05) is 6.61 Å². The maximum Gasteiger partial charge on any atom is 0.341 e. The molecular formula is C12H13BrO4. The zero-order valence-corrected chi connectivity index (χ0v) is 11.0. The van der Waals surface area contributed by atoms with Crippen LogP contribution in [0.25, 0.3) is 0 Å². The second-order valence-corrected chi connectivity index (χ2v) is 4.35. The van der Waals surface area contributed by atoms with Crippen molar-refractivity contribution >= 4 is 27.7 Å². The molecule has 17 heavy (non-hydrogen) atoms. The first-order valence-corrected chi connectivity index (χ1v) is 6.01. The third-order valence-electron chi connectivity index (χ3n) is 2.08. The van der Waals surface area contributed by atoms with Crippen molar-refractivity contribution in [1.82, 2.24) is 0 Å². The number of carbonyl (C=O) groups excluding carboxylic acids is 1. The number of hydrogen-bond acceptors (Lipinski definition) is 3. The highest BCUT2D eigenvalue weighted by molar-refractivity contribution is 9.10. The van der Waals surface area contributed by atoms with Gasteiger partial charge in [-0.2, -0.15) is 0 Å². The second kappa shape index (κ2) is 6.39. The minimum atomic E-state index is -1.03. The quantitative estimate of drug-likeness (QED) is 0.821. The van der Waals surface area contributed by atoms with Crippen LogP contribution in [-0.4, -0.2) is 23.5 Å². The monoisotopic (exact) mass is 300 g/mol. The number of ether oxygens (including phenoxy) is 1. The standard InChI is InChI=1S/C12H13BrO4/c1-2-3-11(14)9-5-4-8(6-10(9)13)17-7-12(15)16/h4-6H,2-3,7H2,1H3,(H,15,16). The van der Waals surface area contributed by atoms with Crippen molar-refractivity contribution in [1.29, 1.82) is 0 Å². The molecule has 0 heterocycles. The summed E-state index contributed by atoms with van der Waals surface area (Å²) < 4.78 is 5.63. The number of ketones is 1. The smallest absolute Gasteiger partial charge is 0.341 e. The Kier molecular flexibility index (Phi) is 5.15. The van der Waals surface area contributed by atoms with E-state index in [-0.39, 0.29) is 5.78 Å². The van der Waals surface area contributed by atoms with Crippen LogP contribution < -0.4 is 4.74 Å². The highest BCUT2D eigenvalue weighted by Gasteiger charge is 2.10. The van der Waals surface area contributed by atoms with Gasteiger partial charge in [0.15, 0.2) is 12.4 Å². The summed E-state index contributed by atoms with van der Waals surface area (Å²) in [5, 5.41) is 8.47. The van der Waals surface area contributed by atoms with Gasteiger partial charge in [-0.1, -0.05) is 6.92 Å². The number of carbonyl (C=O) groups is 2. The van der Waals surface area contributed by atoms with E-state index in [9.17, 15) is 9.59 Å². The molecule has 0 aliphatic heterocycles. The minimum absolute atomic E-state index is 0.0594. The van der Waals surface area contributed by atoms with Gasteiger partial charge in [-0.05, 0) is 40.5 Å². The van der Waals surface area contributed by atoms with E-state index in [0.717, 1.165) is 6.42 Å². The Hall–Kier alpha value is -1.36. The molecule has 0 radical (unpaired) electrons. The molecule has 0 saturated carbocycles. The summed E-state index contributed by atoms with van der Waals surface area (Å²) in [6.07, 6.45) is 1.29. The lowest BCUT2D eigenvalue weighted by Gasteiger charge is -2.07. The molecule has 1 aromatic carbocycles. The summed E-state index contributed by atoms with van der Waals surface area (Å²) >= 11 is 3.28. The fourth-order valence-electron chi connectivity index (χ4n) is 1.32. The number of hydrogen-bond donors (Lipinski definition) is 1. The number of carboxylic acids is 1. The Bertz CT molecular complexity index is 429. The fraction of sp³-hybridized carbons (Fsp3) is 0.333. The molecular weight excluding hydrogens is 288 g/mol. The van der Waals surface area contributed by atoms with E-state index in [1.807, 2.05) is 6.92 Å². The number of halogens is 1. The molecule has 1 rings (SSSR count). The van der Waals surface area contributed by atoms with Crippen LogP contribution >= 0.6 is 15.9 Å². The number of aliphatic carboxylic acids is 1. The number of Topliss-reactive ketones (excluding diaryl/α,β-unsaturated/α-hetero) is 1. The van der Waals surface area contributed by atoms with Gasteiger partial charge in [0.2, 0.25) is 0 Å². The average Bonchev–Trinajstić information content (AvgIpc) is 2.26. The van der Waals surface area contributed by atoms with Gasteiger partial charge in [0.1, 0.15) is 5.75 Å². The van der Waals surface area contributed by atoms with Crippen molar-refractivity contribution in [2.24, 2.45) is 0 Å². The highest BCUT2D eigenvalue weighted by atomic mass is 79.9.